The van der Waals surface area contributed by atoms with Gasteiger partial charge >= 0.3 is 0 Å². The molecule has 0 spiro atoms. The van der Waals surface area contributed by atoms with Gasteiger partial charge in [0, 0.05) is 27.7 Å². The van der Waals surface area contributed by atoms with E-state index < -0.39 is 0 Å². The van der Waals surface area contributed by atoms with E-state index in [2.05, 4.69) is 141 Å². The fourth-order valence-corrected chi connectivity index (χ4v) is 6.98. The highest BCUT2D eigenvalue weighted by molar-refractivity contribution is 6.24. The van der Waals surface area contributed by atoms with Crippen LogP contribution in [-0.2, 0) is 17.3 Å². The summed E-state index contributed by atoms with van der Waals surface area (Å²) in [6.45, 7) is 11.6. The second-order valence-electron chi connectivity index (χ2n) is 13.7. The van der Waals surface area contributed by atoms with Crippen molar-refractivity contribution in [1.82, 2.24) is 14.4 Å². The van der Waals surface area contributed by atoms with Crippen LogP contribution in [0.5, 0.6) is 0 Å². The first-order valence-electron chi connectivity index (χ1n) is 15.2. The standard InChI is InChI=1S/C40H35N3/c1-39(2,3)27-18-19-35-31(22-27)37-30-13-7-6-12-29(30)26(21-32(37)38-42-33-14-8-9-15-36(33)43(35)38)24-40(4,5)28-17-16-25-11-10-20-41-34(25)23-28/h6-23H,24H2,1-5H3. The minimum Gasteiger partial charge on any atom is -0.292 e. The Bertz CT molecular complexity index is 2380. The zero-order chi connectivity index (χ0) is 29.5. The van der Waals surface area contributed by atoms with Gasteiger partial charge < -0.3 is 0 Å². The largest absolute Gasteiger partial charge is 0.292 e. The average molecular weight is 558 g/mol. The second-order valence-corrected chi connectivity index (χ2v) is 13.7. The van der Waals surface area contributed by atoms with E-state index in [1.54, 1.807) is 0 Å². The Hall–Kier alpha value is -4.76. The van der Waals surface area contributed by atoms with Gasteiger partial charge in [0.15, 0.2) is 0 Å². The number of para-hydroxylation sites is 2. The molecule has 0 saturated heterocycles. The molecule has 3 heterocycles. The minimum absolute atomic E-state index is 0.0426. The third kappa shape index (κ3) is 4.02. The average Bonchev–Trinajstić information content (AvgIpc) is 3.40. The fraction of sp³-hybridized carbons (Fsp3) is 0.200. The number of pyridine rings is 2. The predicted molar refractivity (Wildman–Crippen MR) is 182 cm³/mol. The monoisotopic (exact) mass is 557 g/mol. The smallest absolute Gasteiger partial charge is 0.146 e. The van der Waals surface area contributed by atoms with E-state index in [1.165, 1.54) is 54.5 Å². The van der Waals surface area contributed by atoms with E-state index in [9.17, 15) is 0 Å². The van der Waals surface area contributed by atoms with Gasteiger partial charge in [0.05, 0.1) is 22.1 Å². The number of nitrogens with zero attached hydrogens (tertiary/aromatic N) is 3. The molecular weight excluding hydrogens is 522 g/mol. The molecule has 0 aliphatic heterocycles. The van der Waals surface area contributed by atoms with Crippen LogP contribution < -0.4 is 0 Å². The van der Waals surface area contributed by atoms with E-state index in [0.29, 0.717) is 0 Å². The van der Waals surface area contributed by atoms with Crippen LogP contribution >= 0.6 is 0 Å². The van der Waals surface area contributed by atoms with Crippen LogP contribution in [0.1, 0.15) is 51.3 Å². The van der Waals surface area contributed by atoms with E-state index in [-0.39, 0.29) is 10.8 Å². The van der Waals surface area contributed by atoms with Crippen molar-refractivity contribution in [3.63, 3.8) is 0 Å². The van der Waals surface area contributed by atoms with E-state index >= 15 is 0 Å². The zero-order valence-corrected chi connectivity index (χ0v) is 25.4. The van der Waals surface area contributed by atoms with Crippen molar-refractivity contribution in [1.29, 1.82) is 0 Å². The lowest BCUT2D eigenvalue weighted by molar-refractivity contribution is 0.525. The highest BCUT2D eigenvalue weighted by atomic mass is 15.0. The van der Waals surface area contributed by atoms with Crippen LogP contribution in [0.15, 0.2) is 109 Å². The molecule has 0 aliphatic rings. The Labute approximate surface area is 251 Å². The number of benzene rings is 5. The van der Waals surface area contributed by atoms with Crippen molar-refractivity contribution in [2.75, 3.05) is 0 Å². The third-order valence-electron chi connectivity index (χ3n) is 9.32. The van der Waals surface area contributed by atoms with Crippen molar-refractivity contribution >= 4 is 60.0 Å². The summed E-state index contributed by atoms with van der Waals surface area (Å²) in [6.07, 6.45) is 2.78. The number of hydrogen-bond donors (Lipinski definition) is 0. The van der Waals surface area contributed by atoms with Gasteiger partial charge in [0.2, 0.25) is 0 Å². The summed E-state index contributed by atoms with van der Waals surface area (Å²) in [5, 5.41) is 7.55. The number of rotatable bonds is 3. The molecule has 0 aliphatic carbocycles. The SMILES string of the molecule is CC(C)(C)c1ccc2c(c1)c1c3ccccc3c(CC(C)(C)c3ccc4cccnc4c3)cc1c1nc3ccccc3n21. The first kappa shape index (κ1) is 25.9. The molecule has 3 heteroatoms. The molecule has 3 nitrogen and oxygen atoms in total. The van der Waals surface area contributed by atoms with Crippen molar-refractivity contribution in [3.8, 4) is 0 Å². The fourth-order valence-electron chi connectivity index (χ4n) is 6.98. The van der Waals surface area contributed by atoms with Crippen LogP contribution in [0.25, 0.3) is 60.0 Å². The molecule has 0 amide bonds. The lowest BCUT2D eigenvalue weighted by Gasteiger charge is -2.27. The molecular formula is C40H35N3. The molecule has 5 aromatic carbocycles. The normalized spacial score (nSPS) is 12.9. The van der Waals surface area contributed by atoms with Crippen LogP contribution in [0.3, 0.4) is 0 Å². The summed E-state index contributed by atoms with van der Waals surface area (Å²) < 4.78 is 2.37. The van der Waals surface area contributed by atoms with E-state index in [0.717, 1.165) is 28.6 Å². The molecule has 0 unspecified atom stereocenters. The van der Waals surface area contributed by atoms with Gasteiger partial charge in [-0.15, -0.1) is 0 Å². The summed E-state index contributed by atoms with van der Waals surface area (Å²) in [5.74, 6) is 0. The molecule has 43 heavy (non-hydrogen) atoms. The van der Waals surface area contributed by atoms with Crippen molar-refractivity contribution in [3.05, 3.63) is 126 Å². The number of fused-ring (bicyclic) bond motifs is 11. The minimum atomic E-state index is -0.102. The zero-order valence-electron chi connectivity index (χ0n) is 25.4. The Morgan fingerprint density at radius 2 is 1.37 bits per heavy atom. The maximum atomic E-state index is 5.26. The molecule has 3 aromatic heterocycles. The highest BCUT2D eigenvalue weighted by Gasteiger charge is 2.25. The van der Waals surface area contributed by atoms with Gasteiger partial charge in [-0.25, -0.2) is 4.98 Å². The van der Waals surface area contributed by atoms with Crippen LogP contribution in [0.2, 0.25) is 0 Å². The van der Waals surface area contributed by atoms with E-state index in [1.807, 2.05) is 12.3 Å². The lowest BCUT2D eigenvalue weighted by Crippen LogP contribution is -2.20. The molecule has 0 bridgehead atoms. The molecule has 0 fully saturated rings. The van der Waals surface area contributed by atoms with Crippen LogP contribution in [0.4, 0.5) is 0 Å². The third-order valence-corrected chi connectivity index (χ3v) is 9.32. The van der Waals surface area contributed by atoms with Gasteiger partial charge in [-0.3, -0.25) is 9.38 Å². The molecule has 210 valence electrons. The Morgan fingerprint density at radius 3 is 2.21 bits per heavy atom. The van der Waals surface area contributed by atoms with Gasteiger partial charge in [-0.2, -0.15) is 0 Å². The summed E-state index contributed by atoms with van der Waals surface area (Å²) in [6, 6.07) is 37.8. The second kappa shape index (κ2) is 9.12. The van der Waals surface area contributed by atoms with Crippen molar-refractivity contribution < 1.29 is 0 Å². The van der Waals surface area contributed by atoms with Gasteiger partial charge in [-0.05, 0) is 87.2 Å². The molecule has 8 rings (SSSR count). The molecule has 8 aromatic rings. The number of aromatic nitrogens is 3. The summed E-state index contributed by atoms with van der Waals surface area (Å²) >= 11 is 0. The Balaban J connectivity index is 1.46. The molecule has 0 saturated carbocycles. The maximum absolute atomic E-state index is 5.26. The summed E-state index contributed by atoms with van der Waals surface area (Å²) in [5.41, 5.74) is 9.35. The molecule has 0 radical (unpaired) electrons. The van der Waals surface area contributed by atoms with Crippen LogP contribution in [-0.4, -0.2) is 14.4 Å². The first-order valence-corrected chi connectivity index (χ1v) is 15.2. The van der Waals surface area contributed by atoms with Gasteiger partial charge in [-0.1, -0.05) is 95.3 Å². The van der Waals surface area contributed by atoms with Crippen LogP contribution in [0, 0.1) is 0 Å². The van der Waals surface area contributed by atoms with Gasteiger partial charge in [0.25, 0.3) is 0 Å². The summed E-state index contributed by atoms with van der Waals surface area (Å²) in [7, 11) is 0. The molecule has 0 N–H and O–H groups in total. The van der Waals surface area contributed by atoms with Gasteiger partial charge in [0.1, 0.15) is 5.65 Å². The van der Waals surface area contributed by atoms with Crippen molar-refractivity contribution in [2.45, 2.75) is 51.9 Å². The number of imidazole rings is 1. The highest BCUT2D eigenvalue weighted by Crippen LogP contribution is 2.41. The maximum Gasteiger partial charge on any atom is 0.146 e. The predicted octanol–water partition coefficient (Wildman–Crippen LogP) is 10.3. The quantitative estimate of drug-likeness (QED) is 0.202. The lowest BCUT2D eigenvalue weighted by atomic mass is 9.77. The Morgan fingerprint density at radius 1 is 0.605 bits per heavy atom. The Kier molecular flexibility index (Phi) is 5.49. The topological polar surface area (TPSA) is 30.2 Å². The molecule has 0 atom stereocenters. The first-order chi connectivity index (χ1) is 20.7. The van der Waals surface area contributed by atoms with E-state index in [4.69, 9.17) is 4.98 Å². The number of hydrogen-bond acceptors (Lipinski definition) is 2. The summed E-state index contributed by atoms with van der Waals surface area (Å²) in [4.78, 5) is 9.91. The van der Waals surface area contributed by atoms with Crippen molar-refractivity contribution in [2.24, 2.45) is 0 Å².